The number of halogens is 2. The van der Waals surface area contributed by atoms with E-state index in [-0.39, 0.29) is 30.3 Å². The highest BCUT2D eigenvalue weighted by molar-refractivity contribution is 5.82. The van der Waals surface area contributed by atoms with Gasteiger partial charge in [-0.05, 0) is 73.3 Å². The maximum absolute atomic E-state index is 13.8. The Kier molecular flexibility index (Phi) is 10.6. The Labute approximate surface area is 236 Å². The summed E-state index contributed by atoms with van der Waals surface area (Å²) in [6.07, 6.45) is 3.36. The normalized spacial score (nSPS) is 19.1. The van der Waals surface area contributed by atoms with Crippen LogP contribution in [0, 0.1) is 11.6 Å². The van der Waals surface area contributed by atoms with Crippen molar-refractivity contribution in [3.8, 4) is 0 Å². The van der Waals surface area contributed by atoms with E-state index in [0.29, 0.717) is 37.9 Å². The molecule has 0 heterocycles. The van der Waals surface area contributed by atoms with Crippen LogP contribution in [0.25, 0.3) is 0 Å². The first-order valence-electron chi connectivity index (χ1n) is 13.9. The minimum atomic E-state index is -1.03. The maximum atomic E-state index is 13.8. The summed E-state index contributed by atoms with van der Waals surface area (Å²) in [5.41, 5.74) is 3.09. The van der Waals surface area contributed by atoms with Crippen molar-refractivity contribution in [1.82, 2.24) is 10.6 Å². The van der Waals surface area contributed by atoms with Crippen LogP contribution in [0.5, 0.6) is 0 Å². The molecule has 1 aliphatic rings. The summed E-state index contributed by atoms with van der Waals surface area (Å²) >= 11 is 0. The lowest BCUT2D eigenvalue weighted by molar-refractivity contribution is -0.137. The number of aliphatic hydroxyl groups is 1. The van der Waals surface area contributed by atoms with Gasteiger partial charge in [0.25, 0.3) is 0 Å². The molecule has 218 valence electrons. The second-order valence-electron chi connectivity index (χ2n) is 11.7. The van der Waals surface area contributed by atoms with E-state index in [1.54, 1.807) is 13.0 Å². The van der Waals surface area contributed by atoms with Crippen molar-refractivity contribution >= 4 is 11.9 Å². The topological polar surface area (TPSA) is 87.7 Å². The van der Waals surface area contributed by atoms with Crippen molar-refractivity contribution in [2.45, 2.75) is 89.8 Å². The molecule has 1 aliphatic carbocycles. The van der Waals surface area contributed by atoms with E-state index < -0.39 is 29.3 Å². The third-order valence-electron chi connectivity index (χ3n) is 7.52. The van der Waals surface area contributed by atoms with Crippen LogP contribution in [-0.2, 0) is 31.7 Å². The third-order valence-corrected chi connectivity index (χ3v) is 7.52. The molecule has 2 aromatic rings. The summed E-state index contributed by atoms with van der Waals surface area (Å²) in [5.74, 6) is -2.11. The van der Waals surface area contributed by atoms with Crippen LogP contribution in [0.3, 0.4) is 0 Å². The summed E-state index contributed by atoms with van der Waals surface area (Å²) in [4.78, 5) is 24.0. The van der Waals surface area contributed by atoms with Crippen LogP contribution in [-0.4, -0.2) is 42.3 Å². The smallest absolute Gasteiger partial charge is 0.330 e. The van der Waals surface area contributed by atoms with E-state index in [1.807, 2.05) is 6.07 Å². The molecule has 0 radical (unpaired) electrons. The standard InChI is InChI=1S/C32H42F2N2O4/c1-6-40-30(39)17-22-10-12-32(13-11-22,25-9-7-8-24(18-25)31(3,4)5)35-20-29(38)28(36-21(2)37)16-23-14-26(33)19-27(34)15-23/h7-9,14-15,17-19,28-29,35,38H,6,10-13,16,20H2,1-5H3,(H,36,37). The lowest BCUT2D eigenvalue weighted by Crippen LogP contribution is -2.53. The SMILES string of the molecule is CCOC(=O)C=C1CCC(NCC(O)C(Cc2cc(F)cc(F)c2)NC(C)=O)(c2cccc(C(C)(C)C)c2)CC1. The number of hydrogen-bond donors (Lipinski definition) is 3. The second kappa shape index (κ2) is 13.5. The number of carbonyl (C=O) groups is 2. The van der Waals surface area contributed by atoms with Crippen molar-refractivity contribution in [3.05, 3.63) is 82.4 Å². The number of carbonyl (C=O) groups excluding carboxylic acids is 2. The lowest BCUT2D eigenvalue weighted by atomic mass is 9.73. The number of rotatable bonds is 10. The maximum Gasteiger partial charge on any atom is 0.330 e. The van der Waals surface area contributed by atoms with Gasteiger partial charge in [-0.2, -0.15) is 0 Å². The number of esters is 1. The first-order valence-corrected chi connectivity index (χ1v) is 13.9. The molecule has 2 unspecified atom stereocenters. The quantitative estimate of drug-likeness (QED) is 0.276. The minimum absolute atomic E-state index is 0.0584. The molecule has 2 aromatic carbocycles. The predicted octanol–water partition coefficient (Wildman–Crippen LogP) is 5.22. The summed E-state index contributed by atoms with van der Waals surface area (Å²) in [5, 5.41) is 17.6. The number of nitrogens with one attached hydrogen (secondary N) is 2. The number of aliphatic hydroxyl groups excluding tert-OH is 1. The summed E-state index contributed by atoms with van der Waals surface area (Å²) in [6.45, 7) is 10.1. The predicted molar refractivity (Wildman–Crippen MR) is 152 cm³/mol. The van der Waals surface area contributed by atoms with Gasteiger partial charge >= 0.3 is 5.97 Å². The van der Waals surface area contributed by atoms with Gasteiger partial charge in [-0.25, -0.2) is 13.6 Å². The summed E-state index contributed by atoms with van der Waals surface area (Å²) in [6, 6.07) is 10.9. The van der Waals surface area contributed by atoms with Gasteiger partial charge in [-0.15, -0.1) is 0 Å². The molecule has 1 amide bonds. The van der Waals surface area contributed by atoms with Crippen molar-refractivity contribution in [2.24, 2.45) is 0 Å². The average molecular weight is 557 g/mol. The Morgan fingerprint density at radius 3 is 2.33 bits per heavy atom. The highest BCUT2D eigenvalue weighted by atomic mass is 19.1. The lowest BCUT2D eigenvalue weighted by Gasteiger charge is -2.41. The van der Waals surface area contributed by atoms with E-state index in [9.17, 15) is 23.5 Å². The molecule has 1 saturated carbocycles. The van der Waals surface area contributed by atoms with E-state index in [2.05, 4.69) is 49.6 Å². The van der Waals surface area contributed by atoms with Crippen LogP contribution in [0.15, 0.2) is 54.1 Å². The third kappa shape index (κ3) is 8.70. The van der Waals surface area contributed by atoms with Crippen LogP contribution in [0.4, 0.5) is 8.78 Å². The molecule has 0 spiro atoms. The van der Waals surface area contributed by atoms with Gasteiger partial charge in [0, 0.05) is 31.1 Å². The van der Waals surface area contributed by atoms with Gasteiger partial charge in [0.15, 0.2) is 0 Å². The molecule has 40 heavy (non-hydrogen) atoms. The highest BCUT2D eigenvalue weighted by Gasteiger charge is 2.37. The van der Waals surface area contributed by atoms with Crippen molar-refractivity contribution in [3.63, 3.8) is 0 Å². The fourth-order valence-corrected chi connectivity index (χ4v) is 5.31. The number of benzene rings is 2. The molecule has 0 aliphatic heterocycles. The number of ether oxygens (including phenoxy) is 1. The van der Waals surface area contributed by atoms with Gasteiger partial charge in [-0.3, -0.25) is 4.79 Å². The molecule has 8 heteroatoms. The largest absolute Gasteiger partial charge is 0.463 e. The van der Waals surface area contributed by atoms with Gasteiger partial charge in [0.1, 0.15) is 11.6 Å². The van der Waals surface area contributed by atoms with E-state index in [1.165, 1.54) is 24.6 Å². The molecule has 0 saturated heterocycles. The Bertz CT molecular complexity index is 1190. The van der Waals surface area contributed by atoms with Gasteiger partial charge in [0.2, 0.25) is 5.91 Å². The zero-order valence-electron chi connectivity index (χ0n) is 24.2. The van der Waals surface area contributed by atoms with Gasteiger partial charge in [-0.1, -0.05) is 50.6 Å². The Hall–Kier alpha value is -3.10. The molecule has 6 nitrogen and oxygen atoms in total. The number of allylic oxidation sites excluding steroid dienone is 1. The molecular weight excluding hydrogens is 514 g/mol. The van der Waals surface area contributed by atoms with Crippen LogP contribution < -0.4 is 10.6 Å². The van der Waals surface area contributed by atoms with Gasteiger partial charge in [0.05, 0.1) is 18.8 Å². The fourth-order valence-electron chi connectivity index (χ4n) is 5.31. The Morgan fingerprint density at radius 1 is 1.10 bits per heavy atom. The molecule has 3 rings (SSSR count). The minimum Gasteiger partial charge on any atom is -0.463 e. The average Bonchev–Trinajstić information content (AvgIpc) is 2.87. The summed E-state index contributed by atoms with van der Waals surface area (Å²) in [7, 11) is 0. The van der Waals surface area contributed by atoms with Crippen molar-refractivity contribution in [1.29, 1.82) is 0 Å². The van der Waals surface area contributed by atoms with Crippen LogP contribution in [0.2, 0.25) is 0 Å². The molecule has 0 bridgehead atoms. The molecular formula is C32H42F2N2O4. The Balaban J connectivity index is 1.86. The zero-order chi connectivity index (χ0) is 29.5. The molecule has 3 N–H and O–H groups in total. The first-order chi connectivity index (χ1) is 18.8. The van der Waals surface area contributed by atoms with E-state index in [4.69, 9.17) is 4.74 Å². The summed E-state index contributed by atoms with van der Waals surface area (Å²) < 4.78 is 32.7. The van der Waals surface area contributed by atoms with Crippen molar-refractivity contribution in [2.75, 3.05) is 13.2 Å². The van der Waals surface area contributed by atoms with E-state index >= 15 is 0 Å². The highest BCUT2D eigenvalue weighted by Crippen LogP contribution is 2.40. The Morgan fingerprint density at radius 2 is 1.75 bits per heavy atom. The van der Waals surface area contributed by atoms with Crippen molar-refractivity contribution < 1.29 is 28.2 Å². The fraction of sp³-hybridized carbons (Fsp3) is 0.500. The second-order valence-corrected chi connectivity index (χ2v) is 11.7. The first kappa shape index (κ1) is 31.4. The molecule has 1 fully saturated rings. The van der Waals surface area contributed by atoms with Crippen LogP contribution in [0.1, 0.15) is 77.0 Å². The molecule has 2 atom stereocenters. The molecule has 0 aromatic heterocycles. The van der Waals surface area contributed by atoms with E-state index in [0.717, 1.165) is 17.2 Å². The zero-order valence-corrected chi connectivity index (χ0v) is 24.2. The van der Waals surface area contributed by atoms with Crippen LogP contribution >= 0.6 is 0 Å². The number of hydrogen-bond acceptors (Lipinski definition) is 5. The van der Waals surface area contributed by atoms with Gasteiger partial charge < -0.3 is 20.5 Å². The number of amides is 1. The monoisotopic (exact) mass is 556 g/mol.